The van der Waals surface area contributed by atoms with E-state index in [1.807, 2.05) is 6.92 Å². The van der Waals surface area contributed by atoms with E-state index in [-0.39, 0.29) is 11.5 Å². The van der Waals surface area contributed by atoms with Gasteiger partial charge in [-0.05, 0) is 49.4 Å². The molecule has 5 atom stereocenters. The number of nitrogens with zero attached hydrogens (tertiary/aromatic N) is 2. The molecule has 1 aromatic heterocycles. The van der Waals surface area contributed by atoms with Gasteiger partial charge >= 0.3 is 0 Å². The van der Waals surface area contributed by atoms with E-state index in [1.54, 1.807) is 6.07 Å². The molecule has 134 valence electrons. The highest BCUT2D eigenvalue weighted by molar-refractivity contribution is 5.22. The Morgan fingerprint density at radius 1 is 1.12 bits per heavy atom. The predicted molar refractivity (Wildman–Crippen MR) is 85.4 cm³/mol. The molecule has 0 bridgehead atoms. The summed E-state index contributed by atoms with van der Waals surface area (Å²) in [4.78, 5) is 8.17. The lowest BCUT2D eigenvalue weighted by molar-refractivity contribution is -0.0278. The number of hydrogen-bond donors (Lipinski definition) is 3. The van der Waals surface area contributed by atoms with Crippen LogP contribution in [0.5, 0.6) is 0 Å². The summed E-state index contributed by atoms with van der Waals surface area (Å²) in [6.45, 7) is 1.83. The third kappa shape index (κ3) is 3.68. The molecule has 25 heavy (non-hydrogen) atoms. The van der Waals surface area contributed by atoms with Gasteiger partial charge in [0.15, 0.2) is 11.6 Å². The summed E-state index contributed by atoms with van der Waals surface area (Å²) in [6, 6.07) is 4.94. The maximum absolute atomic E-state index is 13.4. The number of rotatable bonds is 4. The Morgan fingerprint density at radius 3 is 2.56 bits per heavy atom. The first-order valence-electron chi connectivity index (χ1n) is 8.13. The molecular formula is C18H20F2N2O3. The molecule has 0 aliphatic heterocycles. The normalized spacial score (nSPS) is 27.4. The molecule has 2 aromatic rings. The molecule has 0 radical (unpaired) electrons. The lowest BCUT2D eigenvalue weighted by Gasteiger charge is -2.22. The van der Waals surface area contributed by atoms with E-state index >= 15 is 0 Å². The van der Waals surface area contributed by atoms with Crippen molar-refractivity contribution in [3.63, 3.8) is 0 Å². The molecule has 1 aliphatic rings. The fourth-order valence-electron chi connectivity index (χ4n) is 3.51. The number of aryl methyl sites for hydroxylation is 1. The Labute approximate surface area is 144 Å². The molecule has 1 saturated carbocycles. The molecule has 5 nitrogen and oxygen atoms in total. The Balaban J connectivity index is 1.75. The molecule has 0 spiro atoms. The van der Waals surface area contributed by atoms with Crippen LogP contribution in [0, 0.1) is 30.4 Å². The van der Waals surface area contributed by atoms with E-state index in [2.05, 4.69) is 9.97 Å². The van der Waals surface area contributed by atoms with Crippen LogP contribution in [0.25, 0.3) is 0 Å². The fraction of sp³-hybridized carbons (Fsp3) is 0.444. The van der Waals surface area contributed by atoms with Gasteiger partial charge in [0.2, 0.25) is 0 Å². The number of aliphatic hydroxyl groups is 3. The van der Waals surface area contributed by atoms with E-state index in [4.69, 9.17) is 0 Å². The third-order valence-corrected chi connectivity index (χ3v) is 4.87. The van der Waals surface area contributed by atoms with E-state index in [0.29, 0.717) is 12.8 Å². The summed E-state index contributed by atoms with van der Waals surface area (Å²) in [7, 11) is 0. The molecule has 1 heterocycles. The largest absolute Gasteiger partial charge is 0.390 e. The van der Waals surface area contributed by atoms with E-state index in [9.17, 15) is 24.1 Å². The average molecular weight is 350 g/mol. The maximum atomic E-state index is 13.4. The summed E-state index contributed by atoms with van der Waals surface area (Å²) < 4.78 is 26.4. The van der Waals surface area contributed by atoms with Gasteiger partial charge < -0.3 is 15.3 Å². The minimum atomic E-state index is -1.20. The molecule has 3 N–H and O–H groups in total. The molecule has 3 rings (SSSR count). The summed E-state index contributed by atoms with van der Waals surface area (Å²) in [6.07, 6.45) is -1.17. The van der Waals surface area contributed by atoms with Gasteiger partial charge in [0.25, 0.3) is 0 Å². The SMILES string of the molecule is Cc1cc(C[C@@H]2C[C@H]([C@@H](O)c3ccc(F)c(F)c3)[C@@H](O)[C@H]2O)ncn1. The lowest BCUT2D eigenvalue weighted by Crippen LogP contribution is -2.31. The number of aliphatic hydroxyl groups excluding tert-OH is 3. The van der Waals surface area contributed by atoms with E-state index in [0.717, 1.165) is 23.5 Å². The van der Waals surface area contributed by atoms with Crippen molar-refractivity contribution in [2.75, 3.05) is 0 Å². The Kier molecular flexibility index (Phi) is 5.08. The van der Waals surface area contributed by atoms with Crippen molar-refractivity contribution >= 4 is 0 Å². The van der Waals surface area contributed by atoms with Crippen LogP contribution in [0.3, 0.4) is 0 Å². The van der Waals surface area contributed by atoms with Gasteiger partial charge in [-0.3, -0.25) is 0 Å². The van der Waals surface area contributed by atoms with Crippen LogP contribution in [-0.2, 0) is 6.42 Å². The second-order valence-electron chi connectivity index (χ2n) is 6.61. The number of hydrogen-bond acceptors (Lipinski definition) is 5. The smallest absolute Gasteiger partial charge is 0.159 e. The van der Waals surface area contributed by atoms with Crippen LogP contribution in [0.2, 0.25) is 0 Å². The van der Waals surface area contributed by atoms with Gasteiger partial charge in [-0.15, -0.1) is 0 Å². The Bertz CT molecular complexity index is 759. The highest BCUT2D eigenvalue weighted by Gasteiger charge is 2.45. The lowest BCUT2D eigenvalue weighted by atomic mass is 9.91. The highest BCUT2D eigenvalue weighted by atomic mass is 19.2. The number of halogens is 2. The van der Waals surface area contributed by atoms with Crippen molar-refractivity contribution in [3.05, 3.63) is 59.2 Å². The summed E-state index contributed by atoms with van der Waals surface area (Å²) in [5.41, 5.74) is 1.72. The second kappa shape index (κ2) is 7.11. The van der Waals surface area contributed by atoms with Crippen molar-refractivity contribution in [3.8, 4) is 0 Å². The summed E-state index contributed by atoms with van der Waals surface area (Å²) in [5, 5.41) is 31.1. The molecule has 0 amide bonds. The van der Waals surface area contributed by atoms with Gasteiger partial charge in [0.05, 0.1) is 18.3 Å². The minimum Gasteiger partial charge on any atom is -0.390 e. The first kappa shape index (κ1) is 17.8. The minimum absolute atomic E-state index is 0.175. The first-order valence-corrected chi connectivity index (χ1v) is 8.13. The zero-order chi connectivity index (χ0) is 18.1. The van der Waals surface area contributed by atoms with Crippen LogP contribution in [0.1, 0.15) is 29.5 Å². The van der Waals surface area contributed by atoms with Gasteiger partial charge in [-0.2, -0.15) is 0 Å². The van der Waals surface area contributed by atoms with Crippen LogP contribution in [0.4, 0.5) is 8.78 Å². The summed E-state index contributed by atoms with van der Waals surface area (Å²) >= 11 is 0. The fourth-order valence-corrected chi connectivity index (χ4v) is 3.51. The standard InChI is InChI=1S/C18H20F2N2O3/c1-9-4-12(22-8-21-9)5-11-6-13(18(25)17(11)24)16(23)10-2-3-14(19)15(20)7-10/h2-4,7-8,11,13,16-18,23-25H,5-6H2,1H3/t11-,13-,16+,17+,18-/m1/s1. The molecule has 1 aliphatic carbocycles. The van der Waals surface area contributed by atoms with Crippen molar-refractivity contribution in [2.45, 2.75) is 38.1 Å². The monoisotopic (exact) mass is 350 g/mol. The van der Waals surface area contributed by atoms with Crippen molar-refractivity contribution in [2.24, 2.45) is 11.8 Å². The summed E-state index contributed by atoms with van der Waals surface area (Å²) in [5.74, 6) is -3.03. The topological polar surface area (TPSA) is 86.5 Å². The van der Waals surface area contributed by atoms with Crippen molar-refractivity contribution < 1.29 is 24.1 Å². The zero-order valence-electron chi connectivity index (χ0n) is 13.7. The van der Waals surface area contributed by atoms with Crippen molar-refractivity contribution in [1.82, 2.24) is 9.97 Å². The molecule has 0 saturated heterocycles. The van der Waals surface area contributed by atoms with Crippen LogP contribution in [0.15, 0.2) is 30.6 Å². The van der Waals surface area contributed by atoms with Crippen molar-refractivity contribution in [1.29, 1.82) is 0 Å². The molecule has 1 aromatic carbocycles. The van der Waals surface area contributed by atoms with Crippen LogP contribution < -0.4 is 0 Å². The van der Waals surface area contributed by atoms with Gasteiger partial charge in [-0.25, -0.2) is 18.7 Å². The zero-order valence-corrected chi connectivity index (χ0v) is 13.7. The quantitative estimate of drug-likeness (QED) is 0.781. The van der Waals surface area contributed by atoms with Gasteiger partial charge in [0.1, 0.15) is 6.33 Å². The van der Waals surface area contributed by atoms with Crippen LogP contribution >= 0.6 is 0 Å². The van der Waals surface area contributed by atoms with Gasteiger partial charge in [0, 0.05) is 17.3 Å². The van der Waals surface area contributed by atoms with Gasteiger partial charge in [-0.1, -0.05) is 6.07 Å². The Hall–Kier alpha value is -1.96. The predicted octanol–water partition coefficient (Wildman–Crippen LogP) is 1.70. The second-order valence-corrected chi connectivity index (χ2v) is 6.61. The highest BCUT2D eigenvalue weighted by Crippen LogP contribution is 2.41. The molecular weight excluding hydrogens is 330 g/mol. The molecule has 1 fully saturated rings. The van der Waals surface area contributed by atoms with E-state index in [1.165, 1.54) is 12.4 Å². The molecule has 0 unspecified atom stereocenters. The average Bonchev–Trinajstić information content (AvgIpc) is 2.85. The first-order chi connectivity index (χ1) is 11.9. The number of benzene rings is 1. The number of aromatic nitrogens is 2. The van der Waals surface area contributed by atoms with E-state index < -0.39 is 35.9 Å². The molecule has 7 heteroatoms. The Morgan fingerprint density at radius 2 is 1.88 bits per heavy atom. The van der Waals surface area contributed by atoms with Crippen LogP contribution in [-0.4, -0.2) is 37.5 Å². The third-order valence-electron chi connectivity index (χ3n) is 4.87. The maximum Gasteiger partial charge on any atom is 0.159 e.